The molecule has 2 unspecified atom stereocenters. The lowest BCUT2D eigenvalue weighted by Crippen LogP contribution is -2.40. The van der Waals surface area contributed by atoms with Crippen molar-refractivity contribution in [3.8, 4) is 0 Å². The third-order valence-corrected chi connectivity index (χ3v) is 25.3. The van der Waals surface area contributed by atoms with E-state index in [1.54, 1.807) is 0 Å². The number of aliphatic hydroxyl groups is 2. The Morgan fingerprint density at radius 3 is 1.04 bits per heavy atom. The van der Waals surface area contributed by atoms with Gasteiger partial charge >= 0.3 is 40.1 Å². The number of phosphoric ester groups is 2. The first-order valence-electron chi connectivity index (χ1n) is 44.1. The minimum Gasteiger partial charge on any atom is -0.449 e. The molecule has 0 aliphatic carbocycles. The van der Waals surface area contributed by atoms with Crippen LogP contribution in [0.25, 0.3) is 33.5 Å². The number of anilines is 3. The molecule has 15 rings (SSSR count). The van der Waals surface area contributed by atoms with Crippen LogP contribution in [-0.2, 0) is 122 Å². The molecule has 12 atom stereocenters. The fourth-order valence-electron chi connectivity index (χ4n) is 15.2. The number of aliphatic hydroxyl groups excluding tert-OH is 2. The van der Waals surface area contributed by atoms with Crippen LogP contribution in [-0.4, -0.2) is 251 Å². The number of non-ortho nitro benzene ring substituents is 6. The highest BCUT2D eigenvalue weighted by molar-refractivity contribution is 7.48. The van der Waals surface area contributed by atoms with E-state index in [9.17, 15) is 90.1 Å². The molecule has 0 saturated carbocycles. The quantitative estimate of drug-likeness (QED) is 0.00590. The number of benzene rings is 6. The second-order valence-electron chi connectivity index (χ2n) is 31.8. The molecule has 5 N–H and O–H groups in total. The minimum absolute atomic E-state index is 0.000436. The number of nitro benzene ring substituents is 6. The summed E-state index contributed by atoms with van der Waals surface area (Å²) in [6.45, 7) is -5.81. The molecule has 57 nitrogen and oxygen atoms in total. The van der Waals surface area contributed by atoms with E-state index in [1.165, 1.54) is 166 Å². The van der Waals surface area contributed by atoms with Gasteiger partial charge in [-0.25, -0.2) is 73.2 Å². The number of aromatic nitrogens is 12. The monoisotopic (exact) mass is 2050 g/mol. The van der Waals surface area contributed by atoms with Crippen LogP contribution in [0.15, 0.2) is 184 Å². The van der Waals surface area contributed by atoms with E-state index >= 15 is 9.13 Å². The third-order valence-electron chi connectivity index (χ3n) is 22.3. The van der Waals surface area contributed by atoms with Gasteiger partial charge in [0.1, 0.15) is 43.4 Å². The average molecular weight is 2050 g/mol. The fraction of sp³-hybridized carbons (Fsp3) is 0.360. The third kappa shape index (κ3) is 27.2. The van der Waals surface area contributed by atoms with Crippen molar-refractivity contribution in [1.29, 1.82) is 0 Å². The van der Waals surface area contributed by atoms with Gasteiger partial charge in [-0.15, -0.1) is 0 Å². The van der Waals surface area contributed by atoms with Crippen molar-refractivity contribution in [1.82, 2.24) is 58.6 Å². The van der Waals surface area contributed by atoms with Gasteiger partial charge in [-0.05, 0) is 46.2 Å². The van der Waals surface area contributed by atoms with Gasteiger partial charge in [0.05, 0.1) is 147 Å². The maximum absolute atomic E-state index is 16.6. The lowest BCUT2D eigenvalue weighted by molar-refractivity contribution is -0.385. The van der Waals surface area contributed by atoms with Gasteiger partial charge in [0.25, 0.3) is 34.1 Å². The normalized spacial score (nSPS) is 18.9. The second-order valence-corrected chi connectivity index (χ2v) is 35.0. The minimum atomic E-state index is -5.44. The second kappa shape index (κ2) is 48.4. The largest absolute Gasteiger partial charge is 0.508 e. The number of rotatable bonds is 50. The number of fused-ring (bicyclic) bond motifs is 3. The maximum atomic E-state index is 16.6. The van der Waals surface area contributed by atoms with Crippen molar-refractivity contribution in [2.45, 2.75) is 113 Å². The standard InChI is InChI=1S/C86H87N21O36P2/c108-31-38-128-39-40-129-72-68(140-82(73(72)141-86(113)133-35-28-55-7-19-61(20-8-55)105(120)121)101-51-95-71-76(89-48-92-79(71)101)98-85(112)132-34-27-54-5-17-60(18-6-54)104(118)119)45-137-145(127,135-37-30-57-11-23-63(24-12-57)107(124)125)143-67-42-65(139-81(67)100-50-94-70-75(88-47-91-78(70)100)97-84(111)131-33-26-53-3-15-59(16-4-53)103(116)117)44-136-144(126,134-36-29-56-9-21-62(22-10-56)106(122)123)142-66-41-64(43-109)138-80(66)99-49-93-69-74(87-46-90-77(69)99)96-83(110)130-32-25-52-1-13-58(14-2-52)102(114)115/h1-24,46-51,64-68,72-73,80-82,108-109H,25-45H2,(H,87,90,96,110)(H,88,91,97,111)(H,89,92,98,112)/t64-,65-,66+,67+,68+,72+,73+,80+,81+,82+,144?,145?/m0/s1. The van der Waals surface area contributed by atoms with E-state index in [2.05, 4.69) is 60.8 Å². The number of nitrogens with zero attached hydrogens (tertiary/aromatic N) is 18. The van der Waals surface area contributed by atoms with E-state index in [-0.39, 0.29) is 176 Å². The van der Waals surface area contributed by atoms with Crippen molar-refractivity contribution in [2.24, 2.45) is 0 Å². The zero-order valence-electron chi connectivity index (χ0n) is 75.7. The number of nitro groups is 6. The summed E-state index contributed by atoms with van der Waals surface area (Å²) in [5, 5.41) is 97.1. The molecule has 3 amide bonds. The summed E-state index contributed by atoms with van der Waals surface area (Å²) in [5.74, 6) is -0.634. The highest BCUT2D eigenvalue weighted by Gasteiger charge is 2.53. The number of carbonyl (C=O) groups excluding carboxylic acids is 4. The van der Waals surface area contributed by atoms with Crippen molar-refractivity contribution >= 4 is 125 Å². The van der Waals surface area contributed by atoms with Crippen LogP contribution < -0.4 is 16.0 Å². The summed E-state index contributed by atoms with van der Waals surface area (Å²) in [6, 6.07) is 32.6. The summed E-state index contributed by atoms with van der Waals surface area (Å²) in [7, 11) is -10.6. The number of hydrogen-bond acceptors (Lipinski definition) is 45. The number of ether oxygens (including phenoxy) is 10. The SMILES string of the molecule is O=C(Nc1ncnc2c1ncn2[C@@H]1O[C@H](COP(=O)(OCCc2ccc([N+](=O)[O-])cc2)O[C@@H]2C[C@@H](COP(=O)(OCCc3ccc([N+](=O)[O-])cc3)O[C@@H]3C[C@@H](CO)O[C@H]3n3cnc4c(NC(=O)OCCc5ccc([N+](=O)[O-])cc5)ncnc43)O[C@H]2n2cnc3c(NC(=O)OCCc4ccc([N+](=O)[O-])cc4)ncnc32)[C@@H](OCCOCCO)[C@H]1OC(=O)OCCc1ccc([N+](=O)[O-])cc1)OCCc1ccc([N+](=O)[O-])cc1. The molecule has 6 aromatic carbocycles. The summed E-state index contributed by atoms with van der Waals surface area (Å²) in [4.78, 5) is 160. The van der Waals surface area contributed by atoms with Gasteiger partial charge in [-0.2, -0.15) is 0 Å². The summed E-state index contributed by atoms with van der Waals surface area (Å²) >= 11 is 0. The smallest absolute Gasteiger partial charge is 0.449 e. The predicted octanol–water partition coefficient (Wildman–Crippen LogP) is 11.5. The molecule has 12 aromatic rings. The van der Waals surface area contributed by atoms with Crippen molar-refractivity contribution in [3.63, 3.8) is 0 Å². The number of carbonyl (C=O) groups is 4. The molecule has 9 heterocycles. The molecule has 0 bridgehead atoms. The maximum Gasteiger partial charge on any atom is 0.508 e. The molecule has 3 aliphatic rings. The van der Waals surface area contributed by atoms with Gasteiger partial charge in [-0.3, -0.25) is 117 Å². The Labute approximate surface area is 815 Å². The highest BCUT2D eigenvalue weighted by atomic mass is 31.2. The van der Waals surface area contributed by atoms with Crippen LogP contribution in [0.1, 0.15) is 64.9 Å². The fourth-order valence-corrected chi connectivity index (χ4v) is 18.0. The Morgan fingerprint density at radius 2 is 0.697 bits per heavy atom. The average Bonchev–Trinajstić information content (AvgIpc) is 1.61. The molecule has 0 spiro atoms. The van der Waals surface area contributed by atoms with Gasteiger partial charge in [-0.1, -0.05) is 72.8 Å². The molecule has 762 valence electrons. The molecule has 3 saturated heterocycles. The number of amides is 3. The van der Waals surface area contributed by atoms with Crippen molar-refractivity contribution < 1.29 is 143 Å². The molecule has 3 fully saturated rings. The number of imidazole rings is 3. The van der Waals surface area contributed by atoms with E-state index in [4.69, 9.17) is 74.5 Å². The zero-order chi connectivity index (χ0) is 102. The summed E-state index contributed by atoms with van der Waals surface area (Å²) < 4.78 is 135. The van der Waals surface area contributed by atoms with E-state index in [0.717, 1.165) is 31.6 Å². The van der Waals surface area contributed by atoms with Crippen LogP contribution in [0.5, 0.6) is 0 Å². The Balaban J connectivity index is 0.749. The number of phosphoric acid groups is 2. The molecule has 3 aliphatic heterocycles. The Bertz CT molecular complexity index is 6720. The lowest BCUT2D eigenvalue weighted by atomic mass is 10.1. The summed E-state index contributed by atoms with van der Waals surface area (Å²) in [5.41, 5.74) is 1.32. The lowest BCUT2D eigenvalue weighted by Gasteiger charge is -2.27. The van der Waals surface area contributed by atoms with Crippen LogP contribution in [0, 0.1) is 60.7 Å². The van der Waals surface area contributed by atoms with E-state index in [1.807, 2.05) is 0 Å². The molecule has 6 aromatic heterocycles. The Kier molecular flexibility index (Phi) is 34.7. The Hall–Kier alpha value is -15.6. The predicted molar refractivity (Wildman–Crippen MR) is 492 cm³/mol. The number of nitrogens with one attached hydrogen (secondary N) is 3. The first-order valence-corrected chi connectivity index (χ1v) is 47.0. The molecular formula is C86H87N21O36P2. The van der Waals surface area contributed by atoms with Crippen LogP contribution >= 0.6 is 15.6 Å². The van der Waals surface area contributed by atoms with Gasteiger partial charge in [0.2, 0.25) is 0 Å². The highest BCUT2D eigenvalue weighted by Crippen LogP contribution is 2.58. The topological polar surface area (TPSA) is 716 Å². The van der Waals surface area contributed by atoms with Crippen LogP contribution in [0.4, 0.5) is 70.8 Å². The van der Waals surface area contributed by atoms with Crippen molar-refractivity contribution in [3.05, 3.63) is 278 Å². The Morgan fingerprint density at radius 1 is 0.372 bits per heavy atom. The van der Waals surface area contributed by atoms with Gasteiger partial charge in [0, 0.05) is 111 Å². The summed E-state index contributed by atoms with van der Waals surface area (Å²) in [6.07, 6.45) is -13.8. The molecule has 145 heavy (non-hydrogen) atoms. The van der Waals surface area contributed by atoms with E-state index in [0.29, 0.717) is 33.4 Å². The molecular weight excluding hydrogens is 1970 g/mol. The number of hydrogen-bond donors (Lipinski definition) is 5. The van der Waals surface area contributed by atoms with Crippen LogP contribution in [0.2, 0.25) is 0 Å². The van der Waals surface area contributed by atoms with E-state index < -0.39 is 177 Å². The first-order chi connectivity index (χ1) is 70.0. The molecule has 0 radical (unpaired) electrons. The first kappa shape index (κ1) is 104. The zero-order valence-corrected chi connectivity index (χ0v) is 77.5. The van der Waals surface area contributed by atoms with Gasteiger partial charge in [0.15, 0.2) is 75.7 Å². The van der Waals surface area contributed by atoms with Crippen LogP contribution in [0.3, 0.4) is 0 Å². The van der Waals surface area contributed by atoms with Gasteiger partial charge < -0.3 is 57.6 Å². The van der Waals surface area contributed by atoms with Crippen molar-refractivity contribution in [2.75, 3.05) is 102 Å². The molecule has 59 heteroatoms.